The zero-order valence-corrected chi connectivity index (χ0v) is 25.9. The summed E-state index contributed by atoms with van der Waals surface area (Å²) in [6.45, 7) is 2.22. The van der Waals surface area contributed by atoms with Crippen LogP contribution in [0.5, 0.6) is 0 Å². The zero-order valence-electron chi connectivity index (χ0n) is 25.0. The molecule has 4 atom stereocenters. The lowest BCUT2D eigenvalue weighted by atomic mass is 10.1. The van der Waals surface area contributed by atoms with Gasteiger partial charge in [-0.2, -0.15) is 8.78 Å². The lowest BCUT2D eigenvalue weighted by Crippen LogP contribution is -2.52. The predicted molar refractivity (Wildman–Crippen MR) is 162 cm³/mol. The molecular weight excluding hydrogens is 591 g/mol. The van der Waals surface area contributed by atoms with E-state index < -0.39 is 44.1 Å². The summed E-state index contributed by atoms with van der Waals surface area (Å²) in [4.78, 5) is 13.3. The molecule has 238 valence electrons. The molecule has 0 aliphatic carbocycles. The van der Waals surface area contributed by atoms with Crippen LogP contribution >= 0.6 is 7.60 Å². The molecule has 1 saturated heterocycles. The van der Waals surface area contributed by atoms with E-state index in [1.807, 2.05) is 91.0 Å². The smallest absolute Gasteiger partial charge is 0.375 e. The maximum absolute atomic E-state index is 16.8. The first-order valence-electron chi connectivity index (χ1n) is 14.7. The topological polar surface area (TPSA) is 83.5 Å². The fraction of sp³-hybridized carbons (Fsp3) is 0.424. The van der Waals surface area contributed by atoms with E-state index in [-0.39, 0.29) is 39.6 Å². The highest BCUT2D eigenvalue weighted by Crippen LogP contribution is 2.65. The fourth-order valence-corrected chi connectivity index (χ4v) is 7.13. The van der Waals surface area contributed by atoms with Crippen LogP contribution in [0.15, 0.2) is 91.0 Å². The van der Waals surface area contributed by atoms with Crippen molar-refractivity contribution in [3.63, 3.8) is 0 Å². The molecule has 3 aromatic rings. The minimum absolute atomic E-state index is 0.0244. The van der Waals surface area contributed by atoms with Gasteiger partial charge in [-0.1, -0.05) is 91.0 Å². The van der Waals surface area contributed by atoms with Crippen molar-refractivity contribution in [2.75, 3.05) is 26.4 Å². The van der Waals surface area contributed by atoms with E-state index in [0.29, 0.717) is 6.29 Å². The number of carbonyl (C=O) groups is 1. The van der Waals surface area contributed by atoms with Crippen molar-refractivity contribution in [1.29, 1.82) is 0 Å². The molecule has 11 heteroatoms. The second-order valence-corrected chi connectivity index (χ2v) is 12.4. The van der Waals surface area contributed by atoms with Crippen LogP contribution in [0.2, 0.25) is 0 Å². The molecule has 0 N–H and O–H groups in total. The van der Waals surface area contributed by atoms with Gasteiger partial charge in [0.2, 0.25) is 0 Å². The van der Waals surface area contributed by atoms with Gasteiger partial charge in [0.25, 0.3) is 0 Å². The van der Waals surface area contributed by atoms with Crippen molar-refractivity contribution < 1.29 is 41.4 Å². The molecule has 1 aliphatic heterocycles. The normalized spacial score (nSPS) is 21.0. The number of aldehydes is 1. The molecule has 4 rings (SSSR count). The minimum Gasteiger partial charge on any atom is -0.375 e. The first-order chi connectivity index (χ1) is 21.3. The van der Waals surface area contributed by atoms with Crippen LogP contribution in [0.4, 0.5) is 8.78 Å². The van der Waals surface area contributed by atoms with Gasteiger partial charge < -0.3 is 28.1 Å². The first-order valence-corrected chi connectivity index (χ1v) is 16.3. The van der Waals surface area contributed by atoms with E-state index in [1.165, 1.54) is 18.7 Å². The van der Waals surface area contributed by atoms with E-state index in [4.69, 9.17) is 23.3 Å². The zero-order chi connectivity index (χ0) is 31.4. The van der Waals surface area contributed by atoms with Gasteiger partial charge in [-0.15, -0.1) is 0 Å². The molecule has 0 spiro atoms. The highest BCUT2D eigenvalue weighted by atomic mass is 31.2. The fourth-order valence-electron chi connectivity index (χ4n) is 5.41. The van der Waals surface area contributed by atoms with E-state index >= 15 is 8.78 Å². The van der Waals surface area contributed by atoms with Crippen molar-refractivity contribution >= 4 is 13.9 Å². The number of hydrogen-bond donors (Lipinski definition) is 0. The minimum atomic E-state index is -5.04. The molecule has 0 saturated carbocycles. The summed E-state index contributed by atoms with van der Waals surface area (Å²) in [5.74, 6) is 0. The number of carbonyl (C=O) groups excluding carboxylic acids is 1. The number of hydrogen-bond acceptors (Lipinski definition) is 8. The van der Waals surface area contributed by atoms with E-state index in [1.54, 1.807) is 0 Å². The number of rotatable bonds is 18. The summed E-state index contributed by atoms with van der Waals surface area (Å²) in [5, 5.41) is 0. The van der Waals surface area contributed by atoms with Crippen molar-refractivity contribution in [3.8, 4) is 0 Å². The molecular formula is C33H40F2NO7P. The monoisotopic (exact) mass is 631 g/mol. The number of benzene rings is 3. The van der Waals surface area contributed by atoms with Crippen LogP contribution in [0, 0.1) is 0 Å². The third-order valence-corrected chi connectivity index (χ3v) is 9.56. The van der Waals surface area contributed by atoms with Gasteiger partial charge in [-0.3, -0.25) is 9.46 Å². The van der Waals surface area contributed by atoms with Crippen molar-refractivity contribution in [2.24, 2.45) is 0 Å². The number of halogens is 2. The van der Waals surface area contributed by atoms with Crippen LogP contribution in [0.1, 0.15) is 30.5 Å². The summed E-state index contributed by atoms with van der Waals surface area (Å²) >= 11 is 0. The Morgan fingerprint density at radius 3 is 1.66 bits per heavy atom. The van der Waals surface area contributed by atoms with Crippen molar-refractivity contribution in [2.45, 2.75) is 63.6 Å². The number of alkyl halides is 2. The highest BCUT2D eigenvalue weighted by molar-refractivity contribution is 7.55. The Balaban J connectivity index is 1.75. The SMILES string of the molecule is CCOP(=O)(OCC)C(F)(F)[C@@H]1[C@@H](OCc2ccccc2)[C@H](OCc2ccccc2)[C@H](COCc2ccccc2)N1CC=O. The molecule has 1 fully saturated rings. The molecule has 44 heavy (non-hydrogen) atoms. The van der Waals surface area contributed by atoms with Gasteiger partial charge in [0.1, 0.15) is 24.5 Å². The first kappa shape index (κ1) is 34.1. The quantitative estimate of drug-likeness (QED) is 0.117. The Kier molecular flexibility index (Phi) is 12.8. The van der Waals surface area contributed by atoms with Crippen LogP contribution in [0.3, 0.4) is 0 Å². The van der Waals surface area contributed by atoms with Gasteiger partial charge in [0, 0.05) is 0 Å². The number of nitrogens with zero attached hydrogens (tertiary/aromatic N) is 1. The lowest BCUT2D eigenvalue weighted by Gasteiger charge is -2.37. The molecule has 1 aliphatic rings. The van der Waals surface area contributed by atoms with E-state index in [0.717, 1.165) is 16.7 Å². The largest absolute Gasteiger partial charge is 0.401 e. The van der Waals surface area contributed by atoms with Crippen molar-refractivity contribution in [1.82, 2.24) is 4.90 Å². The van der Waals surface area contributed by atoms with Gasteiger partial charge in [0.05, 0.1) is 52.2 Å². The Morgan fingerprint density at radius 1 is 0.750 bits per heavy atom. The van der Waals surface area contributed by atoms with E-state index in [2.05, 4.69) is 0 Å². The van der Waals surface area contributed by atoms with Crippen LogP contribution in [-0.4, -0.2) is 67.5 Å². The van der Waals surface area contributed by atoms with Crippen LogP contribution in [0.25, 0.3) is 0 Å². The maximum atomic E-state index is 16.8. The molecule has 0 unspecified atom stereocenters. The second-order valence-electron chi connectivity index (χ2n) is 10.3. The molecule has 0 aromatic heterocycles. The average molecular weight is 632 g/mol. The third-order valence-electron chi connectivity index (χ3n) is 7.37. The highest BCUT2D eigenvalue weighted by Gasteiger charge is 2.68. The predicted octanol–water partition coefficient (Wildman–Crippen LogP) is 6.48. The summed E-state index contributed by atoms with van der Waals surface area (Å²) in [6, 6.07) is 25.1. The molecule has 8 nitrogen and oxygen atoms in total. The molecule has 0 radical (unpaired) electrons. The Morgan fingerprint density at radius 2 is 1.20 bits per heavy atom. The summed E-state index contributed by atoms with van der Waals surface area (Å²) in [7, 11) is -5.04. The molecule has 0 amide bonds. The molecule has 3 aromatic carbocycles. The molecule has 0 bridgehead atoms. The Bertz CT molecular complexity index is 1310. The third kappa shape index (κ3) is 8.25. The van der Waals surface area contributed by atoms with Gasteiger partial charge in [0.15, 0.2) is 0 Å². The summed E-state index contributed by atoms with van der Waals surface area (Å²) < 4.78 is 76.3. The standard InChI is InChI=1S/C33H40F2NO7P/c1-3-42-44(38,43-4-2)33(34,35)32-31(41-24-28-18-12-7-13-19-28)30(40-23-27-16-10-6-11-17-27)29(36(32)20-21-37)25-39-22-26-14-8-5-9-15-26/h5-19,21,29-32H,3-4,20,22-25H2,1-2H3/t29-,30+,31-,32-/m0/s1. The van der Waals surface area contributed by atoms with Crippen molar-refractivity contribution in [3.05, 3.63) is 108 Å². The lowest BCUT2D eigenvalue weighted by molar-refractivity contribution is -0.119. The second kappa shape index (κ2) is 16.5. The van der Waals surface area contributed by atoms with Crippen LogP contribution < -0.4 is 0 Å². The average Bonchev–Trinajstić information content (AvgIpc) is 3.33. The van der Waals surface area contributed by atoms with Gasteiger partial charge in [-0.05, 0) is 30.5 Å². The van der Waals surface area contributed by atoms with Crippen LogP contribution in [-0.2, 0) is 52.4 Å². The molecule has 1 heterocycles. The summed E-state index contributed by atoms with van der Waals surface area (Å²) in [5.41, 5.74) is -1.61. The van der Waals surface area contributed by atoms with Gasteiger partial charge in [-0.25, -0.2) is 0 Å². The Hall–Kier alpha value is -2.82. The number of likely N-dealkylation sites (tertiary alicyclic amines) is 1. The Labute approximate surface area is 257 Å². The summed E-state index contributed by atoms with van der Waals surface area (Å²) in [6.07, 6.45) is -1.80. The maximum Gasteiger partial charge on any atom is 0.401 e. The van der Waals surface area contributed by atoms with Gasteiger partial charge >= 0.3 is 13.3 Å². The van der Waals surface area contributed by atoms with E-state index in [9.17, 15) is 9.36 Å². The number of ether oxygens (including phenoxy) is 3.